The first-order valence-corrected chi connectivity index (χ1v) is 6.44. The monoisotopic (exact) mass is 219 g/mol. The number of hydrogen-bond donors (Lipinski definition) is 2. The molecule has 0 radical (unpaired) electrons. The van der Waals surface area contributed by atoms with Gasteiger partial charge in [-0.1, -0.05) is 0 Å². The Morgan fingerprint density at radius 2 is 2.36 bits per heavy atom. The molecule has 1 heterocycles. The highest BCUT2D eigenvalue weighted by atomic mass is 32.2. The maximum atomic E-state index is 9.56. The second-order valence-corrected chi connectivity index (χ2v) is 5.15. The summed E-state index contributed by atoms with van der Waals surface area (Å²) in [4.78, 5) is 0. The highest BCUT2D eigenvalue weighted by Crippen LogP contribution is 2.16. The van der Waals surface area contributed by atoms with Crippen molar-refractivity contribution in [3.05, 3.63) is 0 Å². The summed E-state index contributed by atoms with van der Waals surface area (Å²) in [6.45, 7) is 5.05. The number of ether oxygens (including phenoxy) is 1. The molecule has 0 bridgehead atoms. The van der Waals surface area contributed by atoms with Crippen LogP contribution >= 0.6 is 11.8 Å². The van der Waals surface area contributed by atoms with E-state index in [2.05, 4.69) is 5.32 Å². The molecule has 84 valence electrons. The average Bonchev–Trinajstić information content (AvgIpc) is 2.63. The molecule has 0 aromatic rings. The van der Waals surface area contributed by atoms with E-state index in [9.17, 15) is 5.11 Å². The molecule has 1 rings (SSSR count). The molecule has 0 aromatic heterocycles. The van der Waals surface area contributed by atoms with Crippen molar-refractivity contribution in [2.75, 3.05) is 24.7 Å². The zero-order valence-corrected chi connectivity index (χ0v) is 9.85. The van der Waals surface area contributed by atoms with Crippen molar-refractivity contribution in [1.29, 1.82) is 0 Å². The van der Waals surface area contributed by atoms with Crippen molar-refractivity contribution in [3.63, 3.8) is 0 Å². The Balaban J connectivity index is 1.99. The summed E-state index contributed by atoms with van der Waals surface area (Å²) in [6.07, 6.45) is 1.05. The summed E-state index contributed by atoms with van der Waals surface area (Å²) in [5, 5.41) is 12.9. The Bertz CT molecular complexity index is 149. The smallest absolute Gasteiger partial charge is 0.0897 e. The normalized spacial score (nSPS) is 24.4. The number of aliphatic hydroxyl groups excluding tert-OH is 1. The van der Waals surface area contributed by atoms with Crippen LogP contribution in [0.3, 0.4) is 0 Å². The van der Waals surface area contributed by atoms with Crippen LogP contribution in [0.2, 0.25) is 0 Å². The van der Waals surface area contributed by atoms with Crippen LogP contribution in [0.1, 0.15) is 20.3 Å². The van der Waals surface area contributed by atoms with Crippen LogP contribution in [0.25, 0.3) is 0 Å². The minimum atomic E-state index is -0.372. The van der Waals surface area contributed by atoms with E-state index in [1.165, 1.54) is 17.9 Å². The first-order chi connectivity index (χ1) is 6.68. The van der Waals surface area contributed by atoms with Crippen molar-refractivity contribution >= 4 is 11.8 Å². The van der Waals surface area contributed by atoms with Crippen molar-refractivity contribution in [2.24, 2.45) is 0 Å². The Kier molecular flexibility index (Phi) is 5.86. The molecule has 3 nitrogen and oxygen atoms in total. The molecule has 1 fully saturated rings. The van der Waals surface area contributed by atoms with E-state index >= 15 is 0 Å². The SMILES string of the molecule is CC(C)OCC(O)CNC1CCSC1. The summed E-state index contributed by atoms with van der Waals surface area (Å²) in [7, 11) is 0. The molecule has 1 aliphatic heterocycles. The first-order valence-electron chi connectivity index (χ1n) is 5.29. The summed E-state index contributed by atoms with van der Waals surface area (Å²) < 4.78 is 5.32. The molecule has 0 spiro atoms. The molecule has 4 heteroatoms. The van der Waals surface area contributed by atoms with Crippen molar-refractivity contribution in [2.45, 2.75) is 38.5 Å². The molecule has 14 heavy (non-hydrogen) atoms. The van der Waals surface area contributed by atoms with Gasteiger partial charge in [-0.15, -0.1) is 0 Å². The molecule has 1 aliphatic rings. The van der Waals surface area contributed by atoms with Gasteiger partial charge in [-0.2, -0.15) is 11.8 Å². The molecular weight excluding hydrogens is 198 g/mol. The molecule has 0 amide bonds. The third kappa shape index (κ3) is 5.20. The summed E-state index contributed by atoms with van der Waals surface area (Å²) in [5.41, 5.74) is 0. The quantitative estimate of drug-likeness (QED) is 0.695. The first kappa shape index (κ1) is 12.3. The van der Waals surface area contributed by atoms with Crippen LogP contribution in [0.4, 0.5) is 0 Å². The lowest BCUT2D eigenvalue weighted by Crippen LogP contribution is -2.37. The fourth-order valence-electron chi connectivity index (χ4n) is 1.36. The van der Waals surface area contributed by atoms with Crippen LogP contribution in [-0.2, 0) is 4.74 Å². The van der Waals surface area contributed by atoms with Crippen LogP contribution in [-0.4, -0.2) is 48.0 Å². The minimum Gasteiger partial charge on any atom is -0.389 e. The van der Waals surface area contributed by atoms with Gasteiger partial charge in [0.15, 0.2) is 0 Å². The van der Waals surface area contributed by atoms with E-state index in [1.807, 2.05) is 25.6 Å². The van der Waals surface area contributed by atoms with Gasteiger partial charge in [0, 0.05) is 18.3 Å². The lowest BCUT2D eigenvalue weighted by atomic mass is 10.2. The topological polar surface area (TPSA) is 41.5 Å². The number of aliphatic hydroxyl groups is 1. The molecule has 0 aromatic carbocycles. The van der Waals surface area contributed by atoms with Crippen LogP contribution < -0.4 is 5.32 Å². The number of rotatable bonds is 6. The van der Waals surface area contributed by atoms with Crippen molar-refractivity contribution < 1.29 is 9.84 Å². The highest BCUT2D eigenvalue weighted by molar-refractivity contribution is 7.99. The molecule has 0 aliphatic carbocycles. The average molecular weight is 219 g/mol. The Labute approximate surface area is 90.6 Å². The van der Waals surface area contributed by atoms with Gasteiger partial charge in [-0.05, 0) is 26.0 Å². The van der Waals surface area contributed by atoms with E-state index in [0.717, 1.165) is 0 Å². The van der Waals surface area contributed by atoms with E-state index in [-0.39, 0.29) is 12.2 Å². The summed E-state index contributed by atoms with van der Waals surface area (Å²) in [5.74, 6) is 2.42. The lowest BCUT2D eigenvalue weighted by Gasteiger charge is -2.16. The van der Waals surface area contributed by atoms with Gasteiger partial charge in [0.2, 0.25) is 0 Å². The predicted molar refractivity (Wildman–Crippen MR) is 60.8 cm³/mol. The Morgan fingerprint density at radius 1 is 1.57 bits per heavy atom. The fraction of sp³-hybridized carbons (Fsp3) is 1.00. The maximum Gasteiger partial charge on any atom is 0.0897 e. The molecule has 2 unspecified atom stereocenters. The third-order valence-electron chi connectivity index (χ3n) is 2.19. The number of nitrogens with one attached hydrogen (secondary N) is 1. The second kappa shape index (κ2) is 6.67. The van der Waals surface area contributed by atoms with Crippen LogP contribution in [0, 0.1) is 0 Å². The van der Waals surface area contributed by atoms with Gasteiger partial charge in [0.25, 0.3) is 0 Å². The van der Waals surface area contributed by atoms with E-state index in [1.54, 1.807) is 0 Å². The molecular formula is C10H21NO2S. The fourth-order valence-corrected chi connectivity index (χ4v) is 2.55. The Hall–Kier alpha value is 0.230. The maximum absolute atomic E-state index is 9.56. The zero-order valence-electron chi connectivity index (χ0n) is 9.03. The van der Waals surface area contributed by atoms with Gasteiger partial charge < -0.3 is 15.2 Å². The predicted octanol–water partition coefficient (Wildman–Crippen LogP) is 0.867. The highest BCUT2D eigenvalue weighted by Gasteiger charge is 2.16. The molecule has 0 saturated carbocycles. The van der Waals surface area contributed by atoms with Crippen LogP contribution in [0.15, 0.2) is 0 Å². The van der Waals surface area contributed by atoms with Gasteiger partial charge in [0.05, 0.1) is 18.8 Å². The van der Waals surface area contributed by atoms with E-state index < -0.39 is 0 Å². The lowest BCUT2D eigenvalue weighted by molar-refractivity contribution is 0.00570. The van der Waals surface area contributed by atoms with Crippen LogP contribution in [0.5, 0.6) is 0 Å². The van der Waals surface area contributed by atoms with Crippen molar-refractivity contribution in [1.82, 2.24) is 5.32 Å². The number of thioether (sulfide) groups is 1. The Morgan fingerprint density at radius 3 is 2.93 bits per heavy atom. The van der Waals surface area contributed by atoms with E-state index in [0.29, 0.717) is 19.2 Å². The summed E-state index contributed by atoms with van der Waals surface area (Å²) >= 11 is 1.98. The molecule has 2 N–H and O–H groups in total. The molecule has 1 saturated heterocycles. The number of hydrogen-bond acceptors (Lipinski definition) is 4. The van der Waals surface area contributed by atoms with Gasteiger partial charge >= 0.3 is 0 Å². The molecule has 2 atom stereocenters. The zero-order chi connectivity index (χ0) is 10.4. The van der Waals surface area contributed by atoms with Gasteiger partial charge in [-0.3, -0.25) is 0 Å². The third-order valence-corrected chi connectivity index (χ3v) is 3.36. The van der Waals surface area contributed by atoms with Gasteiger partial charge in [0.1, 0.15) is 0 Å². The second-order valence-electron chi connectivity index (χ2n) is 4.00. The minimum absolute atomic E-state index is 0.201. The summed E-state index contributed by atoms with van der Waals surface area (Å²) in [6, 6.07) is 0.591. The van der Waals surface area contributed by atoms with Crippen molar-refractivity contribution in [3.8, 4) is 0 Å². The standard InChI is InChI=1S/C10H21NO2S/c1-8(2)13-6-10(12)5-11-9-3-4-14-7-9/h8-12H,3-7H2,1-2H3. The van der Waals surface area contributed by atoms with E-state index in [4.69, 9.17) is 4.74 Å². The van der Waals surface area contributed by atoms with Gasteiger partial charge in [-0.25, -0.2) is 0 Å². The largest absolute Gasteiger partial charge is 0.389 e.